The number of carbonyl (C=O) groups excluding carboxylic acids is 1. The number of aliphatic hydroxyl groups is 1. The summed E-state index contributed by atoms with van der Waals surface area (Å²) in [4.78, 5) is 12.7. The zero-order valence-electron chi connectivity index (χ0n) is 23.6. The molecule has 2 rings (SSSR count). The quantitative estimate of drug-likeness (QED) is 0.225. The molecule has 0 saturated carbocycles. The van der Waals surface area contributed by atoms with Gasteiger partial charge >= 0.3 is 0 Å². The Morgan fingerprint density at radius 3 is 1.97 bits per heavy atom. The van der Waals surface area contributed by atoms with E-state index in [9.17, 15) is 4.79 Å². The van der Waals surface area contributed by atoms with Gasteiger partial charge in [-0.2, -0.15) is 5.10 Å². The fourth-order valence-corrected chi connectivity index (χ4v) is 2.91. The smallest absolute Gasteiger partial charge is 0.203 e. The summed E-state index contributed by atoms with van der Waals surface area (Å²) in [7, 11) is 6.28. The lowest BCUT2D eigenvalue weighted by Crippen LogP contribution is -2.09. The fourth-order valence-electron chi connectivity index (χ4n) is 2.91. The first-order valence-electron chi connectivity index (χ1n) is 11.9. The third kappa shape index (κ3) is 12.1. The molecule has 8 nitrogen and oxygen atoms in total. The second kappa shape index (κ2) is 21.9. The first-order valence-corrected chi connectivity index (χ1v) is 13.0. The summed E-state index contributed by atoms with van der Waals surface area (Å²) >= 11 is 3.15. The predicted molar refractivity (Wildman–Crippen MR) is 150 cm³/mol. The highest BCUT2D eigenvalue weighted by molar-refractivity contribution is 9.09. The van der Waals surface area contributed by atoms with Crippen molar-refractivity contribution in [3.8, 4) is 17.2 Å². The maximum Gasteiger partial charge on any atom is 0.203 e. The molecule has 0 atom stereocenters. The zero-order valence-corrected chi connectivity index (χ0v) is 25.2. The van der Waals surface area contributed by atoms with Crippen molar-refractivity contribution >= 4 is 21.7 Å². The Balaban J connectivity index is 0. The molecule has 36 heavy (non-hydrogen) atoms. The van der Waals surface area contributed by atoms with Crippen LogP contribution in [-0.2, 0) is 17.7 Å². The summed E-state index contributed by atoms with van der Waals surface area (Å²) in [5.41, 5.74) is 2.86. The number of allylic oxidation sites excluding steroid dienone is 1. The van der Waals surface area contributed by atoms with Gasteiger partial charge in [-0.05, 0) is 38.5 Å². The average molecular weight is 574 g/mol. The van der Waals surface area contributed by atoms with Crippen molar-refractivity contribution < 1.29 is 28.8 Å². The predicted octanol–water partition coefficient (Wildman–Crippen LogP) is 5.58. The highest BCUT2D eigenvalue weighted by Crippen LogP contribution is 2.38. The van der Waals surface area contributed by atoms with Gasteiger partial charge in [0.05, 0.1) is 41.1 Å². The summed E-state index contributed by atoms with van der Waals surface area (Å²) in [5.74, 6) is 1.39. The van der Waals surface area contributed by atoms with Gasteiger partial charge in [-0.1, -0.05) is 48.9 Å². The number of benzene rings is 1. The van der Waals surface area contributed by atoms with Crippen molar-refractivity contribution in [1.29, 1.82) is 0 Å². The molecule has 9 heteroatoms. The SMILES string of the molecule is C/C=C\COC.CC.CCBr.COc1cc(CC(=O)c2nn(CCO)c(C)c2C)cc(OC)c1OC. The number of alkyl halides is 1. The highest BCUT2D eigenvalue weighted by atomic mass is 79.9. The summed E-state index contributed by atoms with van der Waals surface area (Å²) in [6, 6.07) is 3.51. The Hall–Kier alpha value is -2.36. The van der Waals surface area contributed by atoms with E-state index in [4.69, 9.17) is 24.1 Å². The lowest BCUT2D eigenvalue weighted by molar-refractivity contribution is 0.0986. The first-order chi connectivity index (χ1) is 17.3. The molecular weight excluding hydrogens is 528 g/mol. The molecule has 0 saturated heterocycles. The normalized spacial score (nSPS) is 9.78. The van der Waals surface area contributed by atoms with Gasteiger partial charge in [0.15, 0.2) is 17.3 Å². The maximum absolute atomic E-state index is 12.7. The number of hydrogen-bond donors (Lipinski definition) is 1. The van der Waals surface area contributed by atoms with E-state index >= 15 is 0 Å². The van der Waals surface area contributed by atoms with E-state index in [1.165, 1.54) is 21.3 Å². The van der Waals surface area contributed by atoms with Crippen LogP contribution >= 0.6 is 15.9 Å². The maximum atomic E-state index is 12.7. The van der Waals surface area contributed by atoms with Crippen LogP contribution < -0.4 is 14.2 Å². The molecule has 0 aliphatic heterocycles. The van der Waals surface area contributed by atoms with Gasteiger partial charge in [-0.15, -0.1) is 0 Å². The van der Waals surface area contributed by atoms with E-state index in [0.29, 0.717) is 29.5 Å². The van der Waals surface area contributed by atoms with Gasteiger partial charge in [0.2, 0.25) is 5.75 Å². The molecule has 1 aromatic heterocycles. The Bertz CT molecular complexity index is 872. The largest absolute Gasteiger partial charge is 0.493 e. The van der Waals surface area contributed by atoms with E-state index in [0.717, 1.165) is 28.8 Å². The van der Waals surface area contributed by atoms with Crippen LogP contribution in [0, 0.1) is 13.8 Å². The minimum Gasteiger partial charge on any atom is -0.493 e. The van der Waals surface area contributed by atoms with E-state index in [1.54, 1.807) is 23.9 Å². The van der Waals surface area contributed by atoms with Crippen LogP contribution in [0.4, 0.5) is 0 Å². The molecule has 0 amide bonds. The number of nitrogens with zero attached hydrogens (tertiary/aromatic N) is 2. The summed E-state index contributed by atoms with van der Waals surface area (Å²) in [6.45, 7) is 12.8. The average Bonchev–Trinajstić information content (AvgIpc) is 3.17. The number of carbonyl (C=O) groups is 1. The molecule has 1 heterocycles. The molecule has 0 spiro atoms. The summed E-state index contributed by atoms with van der Waals surface area (Å²) < 4.78 is 22.3. The van der Waals surface area contributed by atoms with Crippen LogP contribution in [0.2, 0.25) is 0 Å². The highest BCUT2D eigenvalue weighted by Gasteiger charge is 2.20. The van der Waals surface area contributed by atoms with Crippen LogP contribution in [0.3, 0.4) is 0 Å². The Kier molecular flexibility index (Phi) is 21.8. The van der Waals surface area contributed by atoms with Crippen LogP contribution in [0.15, 0.2) is 24.3 Å². The number of hydrogen-bond acceptors (Lipinski definition) is 7. The molecule has 0 bridgehead atoms. The molecule has 0 aliphatic carbocycles. The van der Waals surface area contributed by atoms with Crippen LogP contribution in [0.5, 0.6) is 17.2 Å². The zero-order chi connectivity index (χ0) is 28.1. The number of rotatable bonds is 10. The second-order valence-corrected chi connectivity index (χ2v) is 8.05. The minimum absolute atomic E-state index is 0.0253. The Morgan fingerprint density at radius 1 is 1.08 bits per heavy atom. The molecule has 0 fully saturated rings. The van der Waals surface area contributed by atoms with Gasteiger partial charge < -0.3 is 24.1 Å². The van der Waals surface area contributed by atoms with Crippen molar-refractivity contribution in [2.24, 2.45) is 0 Å². The van der Waals surface area contributed by atoms with E-state index in [2.05, 4.69) is 21.0 Å². The second-order valence-electron chi connectivity index (χ2n) is 6.93. The number of halogens is 1. The van der Waals surface area contributed by atoms with Gasteiger partial charge in [-0.3, -0.25) is 9.48 Å². The third-order valence-corrected chi connectivity index (χ3v) is 4.67. The lowest BCUT2D eigenvalue weighted by Gasteiger charge is -2.13. The lowest BCUT2D eigenvalue weighted by atomic mass is 10.0. The van der Waals surface area contributed by atoms with Crippen LogP contribution in [0.1, 0.15) is 55.0 Å². The third-order valence-electron chi connectivity index (χ3n) is 4.67. The van der Waals surface area contributed by atoms with Gasteiger partial charge in [0.25, 0.3) is 0 Å². The molecule has 1 aromatic carbocycles. The molecule has 2 aromatic rings. The number of Topliss-reactive ketones (excluding diaryl/α,β-unsaturated/α-hetero) is 1. The van der Waals surface area contributed by atoms with E-state index in [-0.39, 0.29) is 18.8 Å². The summed E-state index contributed by atoms with van der Waals surface area (Å²) in [6.07, 6.45) is 4.08. The topological polar surface area (TPSA) is 92.0 Å². The van der Waals surface area contributed by atoms with E-state index in [1.807, 2.05) is 53.7 Å². The molecule has 1 N–H and O–H groups in total. The number of ketones is 1. The Morgan fingerprint density at radius 2 is 1.61 bits per heavy atom. The summed E-state index contributed by atoms with van der Waals surface area (Å²) in [5, 5.41) is 14.5. The van der Waals surface area contributed by atoms with Crippen LogP contribution in [0.25, 0.3) is 0 Å². The van der Waals surface area contributed by atoms with Gasteiger partial charge in [0.1, 0.15) is 5.69 Å². The Labute approximate surface area is 225 Å². The van der Waals surface area contributed by atoms with Crippen molar-refractivity contribution in [3.63, 3.8) is 0 Å². The number of aliphatic hydroxyl groups excluding tert-OH is 1. The fraction of sp³-hybridized carbons (Fsp3) is 0.556. The first kappa shape index (κ1) is 35.8. The number of methoxy groups -OCH3 is 4. The number of aromatic nitrogens is 2. The van der Waals surface area contributed by atoms with Crippen molar-refractivity contribution in [2.45, 2.75) is 54.5 Å². The van der Waals surface area contributed by atoms with Crippen LogP contribution in [-0.4, -0.2) is 67.7 Å². The van der Waals surface area contributed by atoms with Gasteiger partial charge in [-0.25, -0.2) is 0 Å². The van der Waals surface area contributed by atoms with Gasteiger partial charge in [0, 0.05) is 30.1 Å². The monoisotopic (exact) mass is 572 g/mol. The van der Waals surface area contributed by atoms with Crippen molar-refractivity contribution in [1.82, 2.24) is 9.78 Å². The minimum atomic E-state index is -0.105. The van der Waals surface area contributed by atoms with Crippen molar-refractivity contribution in [2.75, 3.05) is 47.0 Å². The molecule has 0 radical (unpaired) electrons. The standard InChI is InChI=1S/C18H24N2O5.C5H10O.C2H5Br.C2H6/c1-11-12(2)20(6-7-21)19-17(11)14(22)8-13-9-15(23-3)18(25-5)16(10-13)24-4;1-3-4-5-6-2;1-2-3;1-2/h9-10,21H,6-8H2,1-5H3;3-4H,5H2,1-2H3;2H2,1H3;1-2H3/b;4-3-;;. The molecule has 0 unspecified atom stereocenters. The molecular formula is C27H45BrN2O6. The molecule has 206 valence electrons. The van der Waals surface area contributed by atoms with Crippen molar-refractivity contribution in [3.05, 3.63) is 46.8 Å². The molecule has 0 aliphatic rings. The van der Waals surface area contributed by atoms with E-state index < -0.39 is 0 Å². The number of ether oxygens (including phenoxy) is 4.